The van der Waals surface area contributed by atoms with Gasteiger partial charge < -0.3 is 10.1 Å². The maximum atomic E-state index is 9.02. The zero-order valence-electron chi connectivity index (χ0n) is 10.2. The smallest absolute Gasteiger partial charge is 0.238 e. The Kier molecular flexibility index (Phi) is 4.31. The van der Waals surface area contributed by atoms with Crippen LogP contribution < -0.4 is 10.1 Å². The lowest BCUT2D eigenvalue weighted by atomic mass is 10.2. The fraction of sp³-hybridized carbons (Fsp3) is 0.154. The van der Waals surface area contributed by atoms with Crippen LogP contribution in [-0.4, -0.2) is 16.5 Å². The number of rotatable bonds is 4. The standard InChI is InChI=1S/C13H11BrN4O/c1-2-16-12-11(14)13(18-8-17-12)19-10-6-4-3-5-9(10)7-15/h3-6,8H,2H2,1H3,(H,16,17,18). The van der Waals surface area contributed by atoms with E-state index in [0.29, 0.717) is 27.5 Å². The van der Waals surface area contributed by atoms with Crippen molar-refractivity contribution < 1.29 is 4.74 Å². The zero-order chi connectivity index (χ0) is 13.7. The Hall–Kier alpha value is -2.13. The first-order chi connectivity index (χ1) is 9.26. The highest BCUT2D eigenvalue weighted by atomic mass is 79.9. The molecule has 5 nitrogen and oxygen atoms in total. The lowest BCUT2D eigenvalue weighted by molar-refractivity contribution is 0.457. The van der Waals surface area contributed by atoms with Gasteiger partial charge in [0, 0.05) is 6.54 Å². The van der Waals surface area contributed by atoms with E-state index in [9.17, 15) is 0 Å². The van der Waals surface area contributed by atoms with Crippen molar-refractivity contribution in [2.24, 2.45) is 0 Å². The number of benzene rings is 1. The number of para-hydroxylation sites is 1. The molecule has 0 unspecified atom stereocenters. The predicted molar refractivity (Wildman–Crippen MR) is 75.1 cm³/mol. The molecule has 0 radical (unpaired) electrons. The molecule has 0 aliphatic heterocycles. The van der Waals surface area contributed by atoms with Crippen molar-refractivity contribution in [2.45, 2.75) is 6.92 Å². The minimum absolute atomic E-state index is 0.369. The molecule has 1 heterocycles. The maximum Gasteiger partial charge on any atom is 0.238 e. The summed E-state index contributed by atoms with van der Waals surface area (Å²) in [7, 11) is 0. The van der Waals surface area contributed by atoms with Crippen molar-refractivity contribution in [1.29, 1.82) is 5.26 Å². The van der Waals surface area contributed by atoms with E-state index < -0.39 is 0 Å². The highest BCUT2D eigenvalue weighted by Gasteiger charge is 2.12. The molecule has 19 heavy (non-hydrogen) atoms. The van der Waals surface area contributed by atoms with Crippen molar-refractivity contribution >= 4 is 21.7 Å². The van der Waals surface area contributed by atoms with Crippen LogP contribution in [0.15, 0.2) is 35.1 Å². The molecule has 0 spiro atoms. The normalized spacial score (nSPS) is 9.74. The summed E-state index contributed by atoms with van der Waals surface area (Å²) in [4.78, 5) is 8.16. The number of nitrogens with one attached hydrogen (secondary N) is 1. The summed E-state index contributed by atoms with van der Waals surface area (Å²) in [6.07, 6.45) is 1.41. The summed E-state index contributed by atoms with van der Waals surface area (Å²) in [5.41, 5.74) is 0.456. The third-order valence-electron chi connectivity index (χ3n) is 2.32. The van der Waals surface area contributed by atoms with E-state index in [2.05, 4.69) is 37.3 Å². The lowest BCUT2D eigenvalue weighted by Gasteiger charge is -2.10. The molecule has 0 aliphatic carbocycles. The molecule has 1 aromatic heterocycles. The quantitative estimate of drug-likeness (QED) is 0.936. The molecule has 0 atom stereocenters. The fourth-order valence-corrected chi connectivity index (χ4v) is 1.89. The largest absolute Gasteiger partial charge is 0.436 e. The first-order valence-electron chi connectivity index (χ1n) is 5.67. The van der Waals surface area contributed by atoms with Gasteiger partial charge in [0.15, 0.2) is 0 Å². The summed E-state index contributed by atoms with van der Waals surface area (Å²) in [5, 5.41) is 12.1. The Morgan fingerprint density at radius 1 is 1.37 bits per heavy atom. The van der Waals surface area contributed by atoms with Crippen molar-refractivity contribution in [2.75, 3.05) is 11.9 Å². The number of halogens is 1. The summed E-state index contributed by atoms with van der Waals surface area (Å²) >= 11 is 3.39. The second-order valence-electron chi connectivity index (χ2n) is 3.58. The highest BCUT2D eigenvalue weighted by Crippen LogP contribution is 2.32. The van der Waals surface area contributed by atoms with Gasteiger partial charge in [-0.3, -0.25) is 0 Å². The Morgan fingerprint density at radius 3 is 2.89 bits per heavy atom. The van der Waals surface area contributed by atoms with E-state index >= 15 is 0 Å². The second kappa shape index (κ2) is 6.16. The predicted octanol–water partition coefficient (Wildman–Crippen LogP) is 3.33. The number of nitrogens with zero attached hydrogens (tertiary/aromatic N) is 3. The number of aromatic nitrogens is 2. The molecule has 1 N–H and O–H groups in total. The van der Waals surface area contributed by atoms with Crippen molar-refractivity contribution in [3.8, 4) is 17.7 Å². The van der Waals surface area contributed by atoms with E-state index in [1.165, 1.54) is 6.33 Å². The van der Waals surface area contributed by atoms with E-state index in [0.717, 1.165) is 6.54 Å². The van der Waals surface area contributed by atoms with Gasteiger partial charge in [0.25, 0.3) is 0 Å². The molecular formula is C13H11BrN4O. The number of ether oxygens (including phenoxy) is 1. The second-order valence-corrected chi connectivity index (χ2v) is 4.37. The minimum Gasteiger partial charge on any atom is -0.436 e. The first kappa shape index (κ1) is 13.3. The van der Waals surface area contributed by atoms with Crippen molar-refractivity contribution in [1.82, 2.24) is 9.97 Å². The Bertz CT molecular complexity index is 624. The van der Waals surface area contributed by atoms with E-state index in [1.54, 1.807) is 24.3 Å². The fourth-order valence-electron chi connectivity index (χ4n) is 1.47. The molecule has 6 heteroatoms. The molecule has 96 valence electrons. The molecule has 0 amide bonds. The van der Waals surface area contributed by atoms with Crippen LogP contribution in [-0.2, 0) is 0 Å². The summed E-state index contributed by atoms with van der Waals surface area (Å²) < 4.78 is 6.29. The Labute approximate surface area is 119 Å². The van der Waals surface area contributed by atoms with E-state index in [-0.39, 0.29) is 0 Å². The third-order valence-corrected chi connectivity index (χ3v) is 3.03. The topological polar surface area (TPSA) is 70.8 Å². The van der Waals surface area contributed by atoms with Gasteiger partial charge >= 0.3 is 0 Å². The van der Waals surface area contributed by atoms with Gasteiger partial charge in [-0.25, -0.2) is 9.97 Å². The molecule has 0 saturated carbocycles. The third kappa shape index (κ3) is 3.01. The SMILES string of the molecule is CCNc1ncnc(Oc2ccccc2C#N)c1Br. The summed E-state index contributed by atoms with van der Waals surface area (Å²) in [6.45, 7) is 2.71. The van der Waals surface area contributed by atoms with Crippen LogP contribution >= 0.6 is 15.9 Å². The van der Waals surface area contributed by atoms with Gasteiger partial charge in [-0.1, -0.05) is 12.1 Å². The van der Waals surface area contributed by atoms with Crippen LogP contribution in [0.4, 0.5) is 5.82 Å². The van der Waals surface area contributed by atoms with Gasteiger partial charge in [0.05, 0.1) is 5.56 Å². The van der Waals surface area contributed by atoms with Crippen LogP contribution in [0, 0.1) is 11.3 Å². The molecule has 0 aliphatic rings. The average Bonchev–Trinajstić information content (AvgIpc) is 2.44. The maximum absolute atomic E-state index is 9.02. The molecule has 0 fully saturated rings. The number of nitriles is 1. The first-order valence-corrected chi connectivity index (χ1v) is 6.47. The van der Waals surface area contributed by atoms with Crippen LogP contribution in [0.3, 0.4) is 0 Å². The van der Waals surface area contributed by atoms with Gasteiger partial charge in [-0.05, 0) is 35.0 Å². The van der Waals surface area contributed by atoms with Crippen LogP contribution in [0.5, 0.6) is 11.6 Å². The number of anilines is 1. The van der Waals surface area contributed by atoms with Crippen LogP contribution in [0.1, 0.15) is 12.5 Å². The molecule has 2 rings (SSSR count). The molecule has 0 bridgehead atoms. The van der Waals surface area contributed by atoms with Crippen molar-refractivity contribution in [3.63, 3.8) is 0 Å². The lowest BCUT2D eigenvalue weighted by Crippen LogP contribution is -2.02. The molecular weight excluding hydrogens is 308 g/mol. The van der Waals surface area contributed by atoms with Crippen LogP contribution in [0.25, 0.3) is 0 Å². The highest BCUT2D eigenvalue weighted by molar-refractivity contribution is 9.10. The number of hydrogen-bond acceptors (Lipinski definition) is 5. The van der Waals surface area contributed by atoms with Crippen LogP contribution in [0.2, 0.25) is 0 Å². The molecule has 0 saturated heterocycles. The van der Waals surface area contributed by atoms with E-state index in [1.807, 2.05) is 6.92 Å². The van der Waals surface area contributed by atoms with Crippen molar-refractivity contribution in [3.05, 3.63) is 40.6 Å². The average molecular weight is 319 g/mol. The zero-order valence-corrected chi connectivity index (χ0v) is 11.8. The van der Waals surface area contributed by atoms with E-state index in [4.69, 9.17) is 10.00 Å². The monoisotopic (exact) mass is 318 g/mol. The van der Waals surface area contributed by atoms with Gasteiger partial charge in [-0.15, -0.1) is 0 Å². The van der Waals surface area contributed by atoms with Gasteiger partial charge in [0.2, 0.25) is 5.88 Å². The number of hydrogen-bond donors (Lipinski definition) is 1. The summed E-state index contributed by atoms with van der Waals surface area (Å²) in [6, 6.07) is 9.07. The Balaban J connectivity index is 2.34. The van der Waals surface area contributed by atoms with Gasteiger partial charge in [-0.2, -0.15) is 5.26 Å². The molecule has 2 aromatic rings. The minimum atomic E-state index is 0.369. The van der Waals surface area contributed by atoms with Gasteiger partial charge in [0.1, 0.15) is 28.4 Å². The summed E-state index contributed by atoms with van der Waals surface area (Å²) in [5.74, 6) is 1.49. The Morgan fingerprint density at radius 2 is 2.16 bits per heavy atom. The molecule has 1 aromatic carbocycles.